The predicted octanol–water partition coefficient (Wildman–Crippen LogP) is 2.43. The standard InChI is InChI=1S/C14H7N3O2/c15-5-11-4-13(8-17-7-11)19-14-2-1-10(9-18)3-12(14)6-16/h1-4,7-9H. The molecule has 0 amide bonds. The zero-order valence-corrected chi connectivity index (χ0v) is 9.70. The molecule has 5 nitrogen and oxygen atoms in total. The van der Waals surface area contributed by atoms with Gasteiger partial charge in [-0.3, -0.25) is 9.78 Å². The van der Waals surface area contributed by atoms with Crippen molar-refractivity contribution in [2.24, 2.45) is 0 Å². The first kappa shape index (κ1) is 12.3. The molecule has 0 N–H and O–H groups in total. The highest BCUT2D eigenvalue weighted by atomic mass is 16.5. The third-order valence-electron chi connectivity index (χ3n) is 2.33. The maximum atomic E-state index is 10.6. The number of carbonyl (C=O) groups excluding carboxylic acids is 1. The number of benzene rings is 1. The summed E-state index contributed by atoms with van der Waals surface area (Å²) in [6.45, 7) is 0. The van der Waals surface area contributed by atoms with E-state index in [0.29, 0.717) is 28.9 Å². The highest BCUT2D eigenvalue weighted by Gasteiger charge is 2.06. The van der Waals surface area contributed by atoms with Gasteiger partial charge in [-0.1, -0.05) is 0 Å². The molecule has 0 aliphatic rings. The van der Waals surface area contributed by atoms with Gasteiger partial charge in [0.05, 0.1) is 17.3 Å². The van der Waals surface area contributed by atoms with Gasteiger partial charge in [-0.2, -0.15) is 10.5 Å². The summed E-state index contributed by atoms with van der Waals surface area (Å²) in [5, 5.41) is 17.8. The van der Waals surface area contributed by atoms with Crippen molar-refractivity contribution < 1.29 is 9.53 Å². The fourth-order valence-electron chi connectivity index (χ4n) is 1.46. The first-order valence-corrected chi connectivity index (χ1v) is 5.29. The SMILES string of the molecule is N#Cc1cncc(Oc2ccc(C=O)cc2C#N)c1. The van der Waals surface area contributed by atoms with Gasteiger partial charge >= 0.3 is 0 Å². The molecule has 19 heavy (non-hydrogen) atoms. The maximum Gasteiger partial charge on any atom is 0.150 e. The second-order valence-corrected chi connectivity index (χ2v) is 3.61. The maximum absolute atomic E-state index is 10.6. The lowest BCUT2D eigenvalue weighted by molar-refractivity contribution is 0.112. The van der Waals surface area contributed by atoms with E-state index in [2.05, 4.69) is 4.98 Å². The average molecular weight is 249 g/mol. The fraction of sp³-hybridized carbons (Fsp3) is 0. The minimum absolute atomic E-state index is 0.243. The molecule has 0 aliphatic carbocycles. The summed E-state index contributed by atoms with van der Waals surface area (Å²) in [5.74, 6) is 0.666. The number of aromatic nitrogens is 1. The Kier molecular flexibility index (Phi) is 3.51. The van der Waals surface area contributed by atoms with E-state index in [4.69, 9.17) is 15.3 Å². The highest BCUT2D eigenvalue weighted by molar-refractivity contribution is 5.76. The van der Waals surface area contributed by atoms with E-state index >= 15 is 0 Å². The number of hydrogen-bond donors (Lipinski definition) is 0. The largest absolute Gasteiger partial charge is 0.454 e. The average Bonchev–Trinajstić information content (AvgIpc) is 2.48. The summed E-state index contributed by atoms with van der Waals surface area (Å²) in [6.07, 6.45) is 3.51. The molecule has 0 saturated carbocycles. The molecule has 1 aromatic carbocycles. The van der Waals surface area contributed by atoms with Crippen molar-refractivity contribution in [2.75, 3.05) is 0 Å². The van der Waals surface area contributed by atoms with Crippen molar-refractivity contribution in [1.82, 2.24) is 4.98 Å². The lowest BCUT2D eigenvalue weighted by Gasteiger charge is -2.07. The van der Waals surface area contributed by atoms with Gasteiger partial charge in [0.15, 0.2) is 0 Å². The number of nitriles is 2. The third kappa shape index (κ3) is 2.74. The van der Waals surface area contributed by atoms with Crippen LogP contribution in [0.25, 0.3) is 0 Å². The Morgan fingerprint density at radius 1 is 1.16 bits per heavy atom. The summed E-state index contributed by atoms with van der Waals surface area (Å²) >= 11 is 0. The first-order chi connectivity index (χ1) is 9.26. The van der Waals surface area contributed by atoms with Crippen molar-refractivity contribution in [3.05, 3.63) is 53.3 Å². The number of nitrogens with zero attached hydrogens (tertiary/aromatic N) is 3. The minimum atomic E-state index is 0.243. The number of rotatable bonds is 3. The summed E-state index contributed by atoms with van der Waals surface area (Å²) in [6, 6.07) is 9.92. The molecule has 0 spiro atoms. The molecule has 0 atom stereocenters. The topological polar surface area (TPSA) is 86.8 Å². The molecule has 2 aromatic rings. The molecule has 2 rings (SSSR count). The van der Waals surface area contributed by atoms with Gasteiger partial charge in [0.25, 0.3) is 0 Å². The quantitative estimate of drug-likeness (QED) is 0.779. The van der Waals surface area contributed by atoms with Crippen LogP contribution in [-0.4, -0.2) is 11.3 Å². The number of hydrogen-bond acceptors (Lipinski definition) is 5. The van der Waals surface area contributed by atoms with Crippen LogP contribution in [0.3, 0.4) is 0 Å². The van der Waals surface area contributed by atoms with Crippen LogP contribution >= 0.6 is 0 Å². The molecule has 90 valence electrons. The van der Waals surface area contributed by atoms with Gasteiger partial charge in [-0.05, 0) is 18.2 Å². The molecule has 0 fully saturated rings. The molecule has 0 saturated heterocycles. The van der Waals surface area contributed by atoms with Gasteiger partial charge < -0.3 is 4.74 Å². The van der Waals surface area contributed by atoms with E-state index in [9.17, 15) is 4.79 Å². The molecule has 1 heterocycles. The van der Waals surface area contributed by atoms with E-state index in [1.807, 2.05) is 12.1 Å². The van der Waals surface area contributed by atoms with Crippen LogP contribution in [0.15, 0.2) is 36.7 Å². The zero-order chi connectivity index (χ0) is 13.7. The molecule has 1 aromatic heterocycles. The summed E-state index contributed by atoms with van der Waals surface area (Å²) in [4.78, 5) is 14.5. The molecule has 5 heteroatoms. The van der Waals surface area contributed by atoms with Crippen LogP contribution in [0.4, 0.5) is 0 Å². The van der Waals surface area contributed by atoms with Crippen LogP contribution in [0.2, 0.25) is 0 Å². The van der Waals surface area contributed by atoms with E-state index in [-0.39, 0.29) is 5.56 Å². The monoisotopic (exact) mass is 249 g/mol. The normalized spacial score (nSPS) is 9.16. The smallest absolute Gasteiger partial charge is 0.150 e. The molecule has 0 radical (unpaired) electrons. The Hall–Kier alpha value is -3.18. The fourth-order valence-corrected chi connectivity index (χ4v) is 1.46. The molecule has 0 aliphatic heterocycles. The number of ether oxygens (including phenoxy) is 1. The van der Waals surface area contributed by atoms with Crippen LogP contribution < -0.4 is 4.74 Å². The van der Waals surface area contributed by atoms with E-state index in [0.717, 1.165) is 0 Å². The zero-order valence-electron chi connectivity index (χ0n) is 9.70. The van der Waals surface area contributed by atoms with Gasteiger partial charge in [-0.15, -0.1) is 0 Å². The lowest BCUT2D eigenvalue weighted by Crippen LogP contribution is -1.91. The van der Waals surface area contributed by atoms with Crippen LogP contribution in [0.1, 0.15) is 21.5 Å². The highest BCUT2D eigenvalue weighted by Crippen LogP contribution is 2.25. The molecular weight excluding hydrogens is 242 g/mol. The Labute approximate surface area is 109 Å². The van der Waals surface area contributed by atoms with E-state index in [1.54, 1.807) is 6.07 Å². The summed E-state index contributed by atoms with van der Waals surface area (Å²) < 4.78 is 5.49. The van der Waals surface area contributed by atoms with Crippen molar-refractivity contribution >= 4 is 6.29 Å². The predicted molar refractivity (Wildman–Crippen MR) is 65.6 cm³/mol. The first-order valence-electron chi connectivity index (χ1n) is 5.29. The minimum Gasteiger partial charge on any atom is -0.454 e. The van der Waals surface area contributed by atoms with Gasteiger partial charge in [0.2, 0.25) is 0 Å². The number of pyridine rings is 1. The molecule has 0 unspecified atom stereocenters. The summed E-state index contributed by atoms with van der Waals surface area (Å²) in [5.41, 5.74) is 1.00. The van der Waals surface area contributed by atoms with Crippen molar-refractivity contribution in [1.29, 1.82) is 10.5 Å². The Balaban J connectivity index is 2.36. The number of aldehydes is 1. The Bertz CT molecular complexity index is 711. The van der Waals surface area contributed by atoms with Gasteiger partial charge in [0, 0.05) is 17.8 Å². The lowest BCUT2D eigenvalue weighted by atomic mass is 10.1. The van der Waals surface area contributed by atoms with Crippen LogP contribution in [0.5, 0.6) is 11.5 Å². The molecular formula is C14H7N3O2. The van der Waals surface area contributed by atoms with Crippen molar-refractivity contribution in [2.45, 2.75) is 0 Å². The van der Waals surface area contributed by atoms with Crippen LogP contribution in [-0.2, 0) is 0 Å². The Morgan fingerprint density at radius 2 is 2.00 bits per heavy atom. The summed E-state index contributed by atoms with van der Waals surface area (Å²) in [7, 11) is 0. The van der Waals surface area contributed by atoms with Gasteiger partial charge in [0.1, 0.15) is 29.9 Å². The molecule has 0 bridgehead atoms. The van der Waals surface area contributed by atoms with Crippen molar-refractivity contribution in [3.63, 3.8) is 0 Å². The Morgan fingerprint density at radius 3 is 2.68 bits per heavy atom. The number of carbonyl (C=O) groups is 1. The second kappa shape index (κ2) is 5.44. The van der Waals surface area contributed by atoms with Crippen molar-refractivity contribution in [3.8, 4) is 23.6 Å². The van der Waals surface area contributed by atoms with E-state index in [1.165, 1.54) is 30.6 Å². The second-order valence-electron chi connectivity index (χ2n) is 3.61. The van der Waals surface area contributed by atoms with Crippen LogP contribution in [0, 0.1) is 22.7 Å². The third-order valence-corrected chi connectivity index (χ3v) is 2.33. The van der Waals surface area contributed by atoms with Gasteiger partial charge in [-0.25, -0.2) is 0 Å². The van der Waals surface area contributed by atoms with E-state index < -0.39 is 0 Å².